The van der Waals surface area contributed by atoms with Crippen LogP contribution in [0.25, 0.3) is 0 Å². The third kappa shape index (κ3) is 2.13. The molecule has 0 aromatic rings. The van der Waals surface area contributed by atoms with Crippen molar-refractivity contribution in [2.45, 2.75) is 56.7 Å². The van der Waals surface area contributed by atoms with Crippen molar-refractivity contribution in [3.05, 3.63) is 0 Å². The number of nitrogens with zero attached hydrogens (tertiary/aromatic N) is 2. The van der Waals surface area contributed by atoms with Crippen molar-refractivity contribution in [1.82, 2.24) is 9.80 Å². The van der Waals surface area contributed by atoms with E-state index in [0.29, 0.717) is 6.04 Å². The lowest BCUT2D eigenvalue weighted by atomic mass is 9.94. The first kappa shape index (κ1) is 11.0. The van der Waals surface area contributed by atoms with Crippen LogP contribution in [-0.4, -0.2) is 54.1 Å². The predicted octanol–water partition coefficient (Wildman–Crippen LogP) is 1.04. The maximum Gasteiger partial charge on any atom is 0.0122 e. The number of likely N-dealkylation sites (tertiary alicyclic amines) is 1. The van der Waals surface area contributed by atoms with E-state index in [2.05, 4.69) is 9.80 Å². The Morgan fingerprint density at radius 2 is 1.38 bits per heavy atom. The van der Waals surface area contributed by atoms with Crippen molar-refractivity contribution in [2.24, 2.45) is 5.73 Å². The number of hydrogen-bond donors (Lipinski definition) is 1. The Labute approximate surface area is 99.0 Å². The normalized spacial score (nSPS) is 38.8. The SMILES string of the molecule is NC1CCN(C2CCN3CCCC3C2)CC1. The molecular weight excluding hydrogens is 198 g/mol. The smallest absolute Gasteiger partial charge is 0.0122 e. The highest BCUT2D eigenvalue weighted by molar-refractivity contribution is 4.91. The zero-order chi connectivity index (χ0) is 11.0. The van der Waals surface area contributed by atoms with Crippen LogP contribution in [0.15, 0.2) is 0 Å². The van der Waals surface area contributed by atoms with Crippen LogP contribution >= 0.6 is 0 Å². The quantitative estimate of drug-likeness (QED) is 0.721. The van der Waals surface area contributed by atoms with Crippen molar-refractivity contribution in [3.8, 4) is 0 Å². The highest BCUT2D eigenvalue weighted by Gasteiger charge is 2.34. The molecule has 92 valence electrons. The minimum atomic E-state index is 0.475. The summed E-state index contributed by atoms with van der Waals surface area (Å²) in [4.78, 5) is 5.44. The van der Waals surface area contributed by atoms with Crippen LogP contribution in [0.3, 0.4) is 0 Å². The molecule has 3 fully saturated rings. The van der Waals surface area contributed by atoms with E-state index in [1.165, 1.54) is 64.7 Å². The van der Waals surface area contributed by atoms with Crippen molar-refractivity contribution >= 4 is 0 Å². The zero-order valence-corrected chi connectivity index (χ0v) is 10.3. The topological polar surface area (TPSA) is 32.5 Å². The molecule has 0 saturated carbocycles. The Balaban J connectivity index is 1.55. The van der Waals surface area contributed by atoms with Gasteiger partial charge in [-0.25, -0.2) is 0 Å². The standard InChI is InChI=1S/C13H25N3/c14-11-3-7-16(8-4-11)13-5-9-15-6-1-2-12(15)10-13/h11-13H,1-10,14H2. The van der Waals surface area contributed by atoms with Gasteiger partial charge in [0.05, 0.1) is 0 Å². The Hall–Kier alpha value is -0.120. The number of piperidine rings is 2. The maximum absolute atomic E-state index is 5.98. The highest BCUT2D eigenvalue weighted by atomic mass is 15.2. The van der Waals surface area contributed by atoms with Crippen LogP contribution in [-0.2, 0) is 0 Å². The number of hydrogen-bond acceptors (Lipinski definition) is 3. The van der Waals surface area contributed by atoms with Crippen LogP contribution in [0, 0.1) is 0 Å². The van der Waals surface area contributed by atoms with Crippen LogP contribution < -0.4 is 5.73 Å². The van der Waals surface area contributed by atoms with Crippen LogP contribution in [0.5, 0.6) is 0 Å². The third-order valence-corrected chi connectivity index (χ3v) is 4.88. The monoisotopic (exact) mass is 223 g/mol. The second kappa shape index (κ2) is 4.63. The molecule has 3 aliphatic rings. The van der Waals surface area contributed by atoms with E-state index >= 15 is 0 Å². The molecule has 2 N–H and O–H groups in total. The average molecular weight is 223 g/mol. The molecule has 0 aliphatic carbocycles. The van der Waals surface area contributed by atoms with Crippen molar-refractivity contribution < 1.29 is 0 Å². The largest absolute Gasteiger partial charge is 0.328 e. The van der Waals surface area contributed by atoms with E-state index in [4.69, 9.17) is 5.73 Å². The lowest BCUT2D eigenvalue weighted by molar-refractivity contribution is 0.0708. The molecule has 0 radical (unpaired) electrons. The fourth-order valence-corrected chi connectivity index (χ4v) is 3.82. The summed E-state index contributed by atoms with van der Waals surface area (Å²) in [5.41, 5.74) is 5.98. The summed E-state index contributed by atoms with van der Waals surface area (Å²) in [6.07, 6.45) is 8.13. The van der Waals surface area contributed by atoms with E-state index in [1.54, 1.807) is 0 Å². The lowest BCUT2D eigenvalue weighted by Crippen LogP contribution is -2.51. The summed E-state index contributed by atoms with van der Waals surface area (Å²) >= 11 is 0. The Morgan fingerprint density at radius 3 is 2.19 bits per heavy atom. The van der Waals surface area contributed by atoms with Gasteiger partial charge in [-0.3, -0.25) is 0 Å². The van der Waals surface area contributed by atoms with Gasteiger partial charge < -0.3 is 15.5 Å². The molecule has 0 spiro atoms. The summed E-state index contributed by atoms with van der Waals surface area (Å²) in [7, 11) is 0. The van der Waals surface area contributed by atoms with Gasteiger partial charge in [0.25, 0.3) is 0 Å². The van der Waals surface area contributed by atoms with Gasteiger partial charge in [-0.2, -0.15) is 0 Å². The molecule has 0 bridgehead atoms. The molecule has 0 aromatic heterocycles. The zero-order valence-electron chi connectivity index (χ0n) is 10.3. The summed E-state index contributed by atoms with van der Waals surface area (Å²) in [5.74, 6) is 0. The van der Waals surface area contributed by atoms with Gasteiger partial charge in [-0.05, 0) is 64.7 Å². The molecular formula is C13H25N3. The average Bonchev–Trinajstić information content (AvgIpc) is 2.77. The molecule has 2 atom stereocenters. The van der Waals surface area contributed by atoms with Gasteiger partial charge in [0.2, 0.25) is 0 Å². The molecule has 3 rings (SSSR count). The van der Waals surface area contributed by atoms with E-state index < -0.39 is 0 Å². The van der Waals surface area contributed by atoms with Gasteiger partial charge in [0.15, 0.2) is 0 Å². The first-order chi connectivity index (χ1) is 7.83. The van der Waals surface area contributed by atoms with Gasteiger partial charge in [0.1, 0.15) is 0 Å². The van der Waals surface area contributed by atoms with E-state index in [9.17, 15) is 0 Å². The molecule has 3 aliphatic heterocycles. The van der Waals surface area contributed by atoms with Gasteiger partial charge in [-0.1, -0.05) is 0 Å². The van der Waals surface area contributed by atoms with Gasteiger partial charge in [-0.15, -0.1) is 0 Å². The fraction of sp³-hybridized carbons (Fsp3) is 1.00. The summed E-state index contributed by atoms with van der Waals surface area (Å²) in [6.45, 7) is 5.21. The first-order valence-electron chi connectivity index (χ1n) is 7.06. The van der Waals surface area contributed by atoms with E-state index in [1.807, 2.05) is 0 Å². The summed E-state index contributed by atoms with van der Waals surface area (Å²) < 4.78 is 0. The van der Waals surface area contributed by atoms with Gasteiger partial charge >= 0.3 is 0 Å². The highest BCUT2D eigenvalue weighted by Crippen LogP contribution is 2.30. The second-order valence-electron chi connectivity index (χ2n) is 5.88. The Kier molecular flexibility index (Phi) is 3.18. The Morgan fingerprint density at radius 1 is 0.750 bits per heavy atom. The van der Waals surface area contributed by atoms with Crippen LogP contribution in [0.1, 0.15) is 38.5 Å². The Bertz CT molecular complexity index is 235. The molecule has 3 heteroatoms. The molecule has 3 nitrogen and oxygen atoms in total. The molecule has 2 unspecified atom stereocenters. The molecule has 16 heavy (non-hydrogen) atoms. The van der Waals surface area contributed by atoms with E-state index in [0.717, 1.165) is 12.1 Å². The van der Waals surface area contributed by atoms with Crippen LogP contribution in [0.4, 0.5) is 0 Å². The lowest BCUT2D eigenvalue weighted by Gasteiger charge is -2.43. The van der Waals surface area contributed by atoms with E-state index in [-0.39, 0.29) is 0 Å². The molecule has 0 amide bonds. The van der Waals surface area contributed by atoms with Crippen molar-refractivity contribution in [2.75, 3.05) is 26.2 Å². The number of rotatable bonds is 1. The minimum absolute atomic E-state index is 0.475. The number of nitrogens with two attached hydrogens (primary N) is 1. The number of fused-ring (bicyclic) bond motifs is 1. The predicted molar refractivity (Wildman–Crippen MR) is 66.4 cm³/mol. The summed E-state index contributed by atoms with van der Waals surface area (Å²) in [5, 5.41) is 0. The summed E-state index contributed by atoms with van der Waals surface area (Å²) in [6, 6.07) is 2.25. The van der Waals surface area contributed by atoms with Crippen LogP contribution in [0.2, 0.25) is 0 Å². The second-order valence-corrected chi connectivity index (χ2v) is 5.88. The molecule has 0 aromatic carbocycles. The van der Waals surface area contributed by atoms with Crippen molar-refractivity contribution in [3.63, 3.8) is 0 Å². The molecule has 3 heterocycles. The third-order valence-electron chi connectivity index (χ3n) is 4.88. The first-order valence-corrected chi connectivity index (χ1v) is 7.06. The van der Waals surface area contributed by atoms with Gasteiger partial charge in [0, 0.05) is 18.1 Å². The van der Waals surface area contributed by atoms with Crippen molar-refractivity contribution in [1.29, 1.82) is 0 Å². The maximum atomic E-state index is 5.98. The fourth-order valence-electron chi connectivity index (χ4n) is 3.82. The molecule has 3 saturated heterocycles. The minimum Gasteiger partial charge on any atom is -0.328 e.